The first-order chi connectivity index (χ1) is 16.4. The van der Waals surface area contributed by atoms with Gasteiger partial charge in [0.2, 0.25) is 0 Å². The van der Waals surface area contributed by atoms with E-state index in [0.717, 1.165) is 24.3 Å². The lowest BCUT2D eigenvalue weighted by Crippen LogP contribution is -2.63. The average Bonchev–Trinajstić information content (AvgIpc) is 3.15. The van der Waals surface area contributed by atoms with E-state index in [1.807, 2.05) is 38.2 Å². The van der Waals surface area contributed by atoms with Crippen molar-refractivity contribution in [3.63, 3.8) is 0 Å². The third kappa shape index (κ3) is 4.52. The molecular formula is C29H36N4O2. The lowest BCUT2D eigenvalue weighted by molar-refractivity contribution is -0.127. The third-order valence-electron chi connectivity index (χ3n) is 7.33. The fourth-order valence-electron chi connectivity index (χ4n) is 5.11. The first kappa shape index (κ1) is 25.1. The molecule has 1 saturated heterocycles. The molecule has 3 heterocycles. The Morgan fingerprint density at radius 1 is 1.03 bits per heavy atom. The van der Waals surface area contributed by atoms with Gasteiger partial charge in [0.05, 0.1) is 0 Å². The SMILES string of the molecule is Cc1cc(C(C)(O)C#Cc2cncc(C(O)(c3ccc(C(C)C)cc3)C3(C)CN(C)C3)c2)nn1C. The summed E-state index contributed by atoms with van der Waals surface area (Å²) in [5.74, 6) is 6.42. The Morgan fingerprint density at radius 3 is 2.23 bits per heavy atom. The molecule has 0 amide bonds. The van der Waals surface area contributed by atoms with Gasteiger partial charge in [-0.25, -0.2) is 0 Å². The van der Waals surface area contributed by atoms with Gasteiger partial charge in [0.15, 0.2) is 5.60 Å². The number of hydrogen-bond donors (Lipinski definition) is 2. The summed E-state index contributed by atoms with van der Waals surface area (Å²) < 4.78 is 1.72. The third-order valence-corrected chi connectivity index (χ3v) is 7.33. The maximum atomic E-state index is 12.4. The van der Waals surface area contributed by atoms with Crippen LogP contribution in [0.15, 0.2) is 48.8 Å². The molecule has 0 bridgehead atoms. The highest BCUT2D eigenvalue weighted by Crippen LogP contribution is 2.50. The summed E-state index contributed by atoms with van der Waals surface area (Å²) in [6, 6.07) is 12.0. The van der Waals surface area contributed by atoms with E-state index in [1.54, 1.807) is 24.0 Å². The van der Waals surface area contributed by atoms with E-state index in [2.05, 4.69) is 66.8 Å². The van der Waals surface area contributed by atoms with Crippen LogP contribution in [-0.2, 0) is 18.2 Å². The second kappa shape index (κ2) is 8.91. The predicted octanol–water partition coefficient (Wildman–Crippen LogP) is 3.69. The molecule has 1 aliphatic rings. The molecule has 0 saturated carbocycles. The second-order valence-electron chi connectivity index (χ2n) is 10.8. The van der Waals surface area contributed by atoms with Gasteiger partial charge >= 0.3 is 0 Å². The van der Waals surface area contributed by atoms with E-state index in [4.69, 9.17) is 0 Å². The highest BCUT2D eigenvalue weighted by molar-refractivity contribution is 5.45. The van der Waals surface area contributed by atoms with Crippen molar-refractivity contribution in [2.45, 2.75) is 51.7 Å². The molecule has 2 unspecified atom stereocenters. The summed E-state index contributed by atoms with van der Waals surface area (Å²) in [7, 11) is 3.90. The number of likely N-dealkylation sites (tertiary alicyclic amines) is 1. The van der Waals surface area contributed by atoms with Crippen molar-refractivity contribution in [1.82, 2.24) is 19.7 Å². The average molecular weight is 473 g/mol. The summed E-state index contributed by atoms with van der Waals surface area (Å²) in [5, 5.41) is 27.7. The van der Waals surface area contributed by atoms with Crippen molar-refractivity contribution in [3.8, 4) is 11.8 Å². The van der Waals surface area contributed by atoms with Gasteiger partial charge < -0.3 is 15.1 Å². The van der Waals surface area contributed by atoms with E-state index in [1.165, 1.54) is 5.56 Å². The minimum Gasteiger partial charge on any atom is -0.380 e. The van der Waals surface area contributed by atoms with Crippen molar-refractivity contribution < 1.29 is 10.2 Å². The molecule has 3 aromatic rings. The molecule has 1 aromatic carbocycles. The monoisotopic (exact) mass is 472 g/mol. The molecule has 2 aromatic heterocycles. The molecule has 1 aliphatic heterocycles. The number of pyridine rings is 1. The van der Waals surface area contributed by atoms with Crippen molar-refractivity contribution in [3.05, 3.63) is 82.4 Å². The Kier molecular flexibility index (Phi) is 6.39. The summed E-state index contributed by atoms with van der Waals surface area (Å²) in [6.45, 7) is 11.5. The number of aromatic nitrogens is 3. The first-order valence-electron chi connectivity index (χ1n) is 12.1. The van der Waals surface area contributed by atoms with E-state index in [-0.39, 0.29) is 5.41 Å². The van der Waals surface area contributed by atoms with Crippen LogP contribution in [0.4, 0.5) is 0 Å². The predicted molar refractivity (Wildman–Crippen MR) is 138 cm³/mol. The zero-order chi connectivity index (χ0) is 25.6. The normalized spacial score (nSPS) is 18.8. The molecule has 0 spiro atoms. The van der Waals surface area contributed by atoms with Gasteiger partial charge in [0, 0.05) is 54.8 Å². The molecule has 6 nitrogen and oxygen atoms in total. The minimum atomic E-state index is -1.41. The Balaban J connectivity index is 1.75. The van der Waals surface area contributed by atoms with Gasteiger partial charge in [-0.3, -0.25) is 9.67 Å². The van der Waals surface area contributed by atoms with Crippen LogP contribution in [0.2, 0.25) is 0 Å². The van der Waals surface area contributed by atoms with Gasteiger partial charge in [0.1, 0.15) is 11.3 Å². The molecule has 4 rings (SSSR count). The van der Waals surface area contributed by atoms with E-state index in [0.29, 0.717) is 22.7 Å². The van der Waals surface area contributed by atoms with Crippen molar-refractivity contribution >= 4 is 0 Å². The van der Waals surface area contributed by atoms with Crippen LogP contribution >= 0.6 is 0 Å². The van der Waals surface area contributed by atoms with Crippen LogP contribution in [0.5, 0.6) is 0 Å². The Hall–Kier alpha value is -2.98. The maximum absolute atomic E-state index is 12.4. The van der Waals surface area contributed by atoms with Crippen molar-refractivity contribution in [1.29, 1.82) is 0 Å². The van der Waals surface area contributed by atoms with Crippen LogP contribution in [0.1, 0.15) is 67.3 Å². The Bertz CT molecular complexity index is 1250. The molecule has 184 valence electrons. The molecule has 2 atom stereocenters. The van der Waals surface area contributed by atoms with Gasteiger partial charge in [-0.1, -0.05) is 56.9 Å². The second-order valence-corrected chi connectivity index (χ2v) is 10.8. The quantitative estimate of drug-likeness (QED) is 0.554. The van der Waals surface area contributed by atoms with Crippen LogP contribution in [-0.4, -0.2) is 50.0 Å². The van der Waals surface area contributed by atoms with Gasteiger partial charge in [-0.05, 0) is 50.1 Å². The lowest BCUT2D eigenvalue weighted by Gasteiger charge is -2.55. The summed E-state index contributed by atoms with van der Waals surface area (Å²) in [4.78, 5) is 6.63. The number of aryl methyl sites for hydroxylation is 2. The number of hydrogen-bond acceptors (Lipinski definition) is 5. The maximum Gasteiger partial charge on any atom is 0.167 e. The molecular weight excluding hydrogens is 436 g/mol. The lowest BCUT2D eigenvalue weighted by atomic mass is 9.62. The van der Waals surface area contributed by atoms with E-state index in [9.17, 15) is 10.2 Å². The summed E-state index contributed by atoms with van der Waals surface area (Å²) in [5.41, 5.74) is 1.82. The number of aliphatic hydroxyl groups is 2. The molecule has 0 radical (unpaired) electrons. The van der Waals surface area contributed by atoms with E-state index >= 15 is 0 Å². The minimum absolute atomic E-state index is 0.383. The van der Waals surface area contributed by atoms with Crippen LogP contribution < -0.4 is 0 Å². The highest BCUT2D eigenvalue weighted by Gasteiger charge is 2.55. The van der Waals surface area contributed by atoms with E-state index < -0.39 is 11.2 Å². The van der Waals surface area contributed by atoms with Gasteiger partial charge in [0.25, 0.3) is 0 Å². The van der Waals surface area contributed by atoms with Crippen LogP contribution in [0.25, 0.3) is 0 Å². The van der Waals surface area contributed by atoms with Crippen molar-refractivity contribution in [2.24, 2.45) is 12.5 Å². The largest absolute Gasteiger partial charge is 0.380 e. The molecule has 1 fully saturated rings. The molecule has 35 heavy (non-hydrogen) atoms. The summed E-state index contributed by atoms with van der Waals surface area (Å²) in [6.07, 6.45) is 3.39. The van der Waals surface area contributed by atoms with Gasteiger partial charge in [-0.2, -0.15) is 5.10 Å². The Labute approximate surface area is 208 Å². The van der Waals surface area contributed by atoms with Gasteiger partial charge in [-0.15, -0.1) is 0 Å². The molecule has 0 aliphatic carbocycles. The zero-order valence-electron chi connectivity index (χ0n) is 21.8. The fourth-order valence-corrected chi connectivity index (χ4v) is 5.11. The summed E-state index contributed by atoms with van der Waals surface area (Å²) >= 11 is 0. The van der Waals surface area contributed by atoms with Crippen LogP contribution in [0, 0.1) is 24.2 Å². The number of benzene rings is 1. The van der Waals surface area contributed by atoms with Crippen LogP contribution in [0.3, 0.4) is 0 Å². The Morgan fingerprint density at radius 2 is 1.69 bits per heavy atom. The molecule has 6 heteroatoms. The first-order valence-corrected chi connectivity index (χ1v) is 12.1. The zero-order valence-corrected chi connectivity index (χ0v) is 21.8. The topological polar surface area (TPSA) is 74.4 Å². The standard InChI is InChI=1S/C29H36N4O2/c1-20(2)23-8-10-24(11-9-23)29(35,27(4)18-32(6)19-27)25-15-22(16-30-17-25)12-13-28(5,34)26-14-21(3)33(7)31-26/h8-11,14-17,20,34-35H,18-19H2,1-7H3. The smallest absolute Gasteiger partial charge is 0.167 e. The van der Waals surface area contributed by atoms with Crippen molar-refractivity contribution in [2.75, 3.05) is 20.1 Å². The number of nitrogens with zero attached hydrogens (tertiary/aromatic N) is 4. The number of rotatable bonds is 5. The highest BCUT2D eigenvalue weighted by atomic mass is 16.3. The fraction of sp³-hybridized carbons (Fsp3) is 0.448. The molecule has 2 N–H and O–H groups in total.